The molecule has 0 amide bonds. The fourth-order valence-electron chi connectivity index (χ4n) is 4.31. The topological polar surface area (TPSA) is 83.0 Å². The van der Waals surface area contributed by atoms with Crippen LogP contribution in [0.25, 0.3) is 22.2 Å². The summed E-state index contributed by atoms with van der Waals surface area (Å²) in [7, 11) is 0. The van der Waals surface area contributed by atoms with Crippen LogP contribution >= 0.6 is 0 Å². The Balaban J connectivity index is 1.73. The van der Waals surface area contributed by atoms with Gasteiger partial charge in [0.05, 0.1) is 17.6 Å². The van der Waals surface area contributed by atoms with Crippen molar-refractivity contribution in [3.63, 3.8) is 0 Å². The van der Waals surface area contributed by atoms with Crippen molar-refractivity contribution in [3.05, 3.63) is 29.8 Å². The van der Waals surface area contributed by atoms with E-state index in [9.17, 15) is 4.79 Å². The SMILES string of the molecule is CCCCCCCCCOC(=O)c1c(N)n(CCCCCCC)c2nc3ccccc3nc12. The van der Waals surface area contributed by atoms with E-state index in [4.69, 9.17) is 20.4 Å². The van der Waals surface area contributed by atoms with Gasteiger partial charge in [-0.2, -0.15) is 0 Å². The summed E-state index contributed by atoms with van der Waals surface area (Å²) in [5, 5.41) is 0. The molecular weight excluding hydrogens is 412 g/mol. The molecule has 0 saturated heterocycles. The molecule has 180 valence electrons. The maximum Gasteiger partial charge on any atom is 0.344 e. The third-order valence-corrected chi connectivity index (χ3v) is 6.26. The van der Waals surface area contributed by atoms with Crippen LogP contribution in [0.1, 0.15) is 101 Å². The molecule has 2 N–H and O–H groups in total. The minimum atomic E-state index is -0.391. The lowest BCUT2D eigenvalue weighted by molar-refractivity contribution is 0.0501. The normalized spacial score (nSPS) is 11.5. The highest BCUT2D eigenvalue weighted by atomic mass is 16.5. The Morgan fingerprint density at radius 2 is 1.42 bits per heavy atom. The van der Waals surface area contributed by atoms with Crippen LogP contribution < -0.4 is 5.73 Å². The van der Waals surface area contributed by atoms with Crippen LogP contribution in [-0.2, 0) is 11.3 Å². The Kier molecular flexibility index (Phi) is 9.98. The van der Waals surface area contributed by atoms with Crippen molar-refractivity contribution in [1.82, 2.24) is 14.5 Å². The van der Waals surface area contributed by atoms with Gasteiger partial charge >= 0.3 is 5.97 Å². The number of aromatic nitrogens is 3. The number of para-hydroxylation sites is 2. The summed E-state index contributed by atoms with van der Waals surface area (Å²) in [5.74, 6) is 0.0261. The number of esters is 1. The molecule has 3 aromatic rings. The smallest absolute Gasteiger partial charge is 0.344 e. The van der Waals surface area contributed by atoms with Crippen LogP contribution in [0.3, 0.4) is 0 Å². The Morgan fingerprint density at radius 1 is 0.848 bits per heavy atom. The van der Waals surface area contributed by atoms with Crippen LogP contribution in [0.4, 0.5) is 5.82 Å². The fraction of sp³-hybridized carbons (Fsp3) is 0.593. The predicted molar refractivity (Wildman–Crippen MR) is 136 cm³/mol. The second-order valence-corrected chi connectivity index (χ2v) is 8.97. The van der Waals surface area contributed by atoms with Crippen LogP contribution in [-0.4, -0.2) is 27.1 Å². The van der Waals surface area contributed by atoms with Crippen molar-refractivity contribution < 1.29 is 9.53 Å². The molecule has 0 atom stereocenters. The third kappa shape index (κ3) is 6.68. The summed E-state index contributed by atoms with van der Waals surface area (Å²) in [5.41, 5.74) is 9.64. The molecule has 3 rings (SSSR count). The van der Waals surface area contributed by atoms with E-state index in [1.54, 1.807) is 0 Å². The van der Waals surface area contributed by atoms with Crippen molar-refractivity contribution in [1.29, 1.82) is 0 Å². The summed E-state index contributed by atoms with van der Waals surface area (Å²) in [4.78, 5) is 22.6. The van der Waals surface area contributed by atoms with Gasteiger partial charge in [-0.1, -0.05) is 90.2 Å². The number of rotatable bonds is 15. The van der Waals surface area contributed by atoms with E-state index < -0.39 is 5.97 Å². The molecule has 2 aromatic heterocycles. The van der Waals surface area contributed by atoms with Gasteiger partial charge < -0.3 is 15.0 Å². The van der Waals surface area contributed by atoms with Crippen molar-refractivity contribution in [2.45, 2.75) is 97.4 Å². The Bertz CT molecular complexity index is 1030. The minimum Gasteiger partial charge on any atom is -0.462 e. The number of fused-ring (bicyclic) bond motifs is 2. The highest BCUT2D eigenvalue weighted by molar-refractivity contribution is 6.08. The van der Waals surface area contributed by atoms with Gasteiger partial charge in [0, 0.05) is 6.54 Å². The van der Waals surface area contributed by atoms with Gasteiger partial charge in [-0.15, -0.1) is 0 Å². The van der Waals surface area contributed by atoms with Crippen LogP contribution in [0, 0.1) is 0 Å². The van der Waals surface area contributed by atoms with E-state index in [0.717, 1.165) is 43.3 Å². The van der Waals surface area contributed by atoms with Crippen molar-refractivity contribution in [2.24, 2.45) is 0 Å². The number of anilines is 1. The summed E-state index contributed by atoms with van der Waals surface area (Å²) in [6.45, 7) is 5.57. The number of benzene rings is 1. The van der Waals surface area contributed by atoms with E-state index in [1.807, 2.05) is 28.8 Å². The van der Waals surface area contributed by atoms with Crippen LogP contribution in [0.15, 0.2) is 24.3 Å². The number of unbranched alkanes of at least 4 members (excludes halogenated alkanes) is 10. The lowest BCUT2D eigenvalue weighted by atomic mass is 10.1. The number of ether oxygens (including phenoxy) is 1. The Morgan fingerprint density at radius 3 is 2.09 bits per heavy atom. The number of nitrogens with two attached hydrogens (primary N) is 1. The average Bonchev–Trinajstić information content (AvgIpc) is 3.09. The molecule has 6 nitrogen and oxygen atoms in total. The molecule has 0 fully saturated rings. The van der Waals surface area contributed by atoms with E-state index in [-0.39, 0.29) is 0 Å². The molecule has 2 heterocycles. The molecule has 0 aliphatic heterocycles. The lowest BCUT2D eigenvalue weighted by Gasteiger charge is -2.08. The van der Waals surface area contributed by atoms with Crippen molar-refractivity contribution in [3.8, 4) is 0 Å². The molecule has 0 radical (unpaired) electrons. The standard InChI is InChI=1S/C27H40N4O2/c1-3-5-7-9-10-12-16-20-33-27(32)23-24-26(30-22-18-14-13-17-21(22)29-24)31(25(23)28)19-15-11-8-6-4-2/h13-14,17-18H,3-12,15-16,19-20,28H2,1-2H3. The maximum atomic E-state index is 13.0. The van der Waals surface area contributed by atoms with Gasteiger partial charge in [-0.25, -0.2) is 14.8 Å². The molecule has 1 aromatic carbocycles. The zero-order valence-electron chi connectivity index (χ0n) is 20.4. The number of hydrogen-bond donors (Lipinski definition) is 1. The molecule has 6 heteroatoms. The van der Waals surface area contributed by atoms with Crippen LogP contribution in [0.5, 0.6) is 0 Å². The zero-order valence-corrected chi connectivity index (χ0v) is 20.4. The minimum absolute atomic E-state index is 0.361. The molecular formula is C27H40N4O2. The third-order valence-electron chi connectivity index (χ3n) is 6.26. The number of nitrogen functional groups attached to an aromatic ring is 1. The first-order valence-electron chi connectivity index (χ1n) is 12.9. The van der Waals surface area contributed by atoms with Crippen molar-refractivity contribution >= 4 is 34.0 Å². The number of aryl methyl sites for hydroxylation is 1. The van der Waals surface area contributed by atoms with Gasteiger partial charge in [-0.3, -0.25) is 0 Å². The quantitative estimate of drug-likeness (QED) is 0.197. The molecule has 0 unspecified atom stereocenters. The summed E-state index contributed by atoms with van der Waals surface area (Å²) >= 11 is 0. The molecule has 0 aliphatic carbocycles. The van der Waals surface area contributed by atoms with E-state index in [2.05, 4.69) is 13.8 Å². The molecule has 0 spiro atoms. The molecule has 0 aliphatic rings. The van der Waals surface area contributed by atoms with Crippen molar-refractivity contribution in [2.75, 3.05) is 12.3 Å². The maximum absolute atomic E-state index is 13.0. The van der Waals surface area contributed by atoms with Gasteiger partial charge in [0.2, 0.25) is 0 Å². The largest absolute Gasteiger partial charge is 0.462 e. The summed E-state index contributed by atoms with van der Waals surface area (Å²) in [6.07, 6.45) is 14.0. The second-order valence-electron chi connectivity index (χ2n) is 8.97. The highest BCUT2D eigenvalue weighted by Crippen LogP contribution is 2.29. The van der Waals surface area contributed by atoms with Gasteiger partial charge in [0.25, 0.3) is 0 Å². The highest BCUT2D eigenvalue weighted by Gasteiger charge is 2.24. The molecule has 33 heavy (non-hydrogen) atoms. The molecule has 0 saturated carbocycles. The first kappa shape index (κ1) is 25.0. The summed E-state index contributed by atoms with van der Waals surface area (Å²) in [6, 6.07) is 7.72. The lowest BCUT2D eigenvalue weighted by Crippen LogP contribution is -2.11. The molecule has 0 bridgehead atoms. The number of carbonyl (C=O) groups is 1. The number of nitrogens with zero attached hydrogens (tertiary/aromatic N) is 3. The monoisotopic (exact) mass is 452 g/mol. The zero-order chi connectivity index (χ0) is 23.5. The Labute approximate surface area is 197 Å². The van der Waals surface area contributed by atoms with Gasteiger partial charge in [0.1, 0.15) is 16.9 Å². The number of hydrogen-bond acceptors (Lipinski definition) is 5. The predicted octanol–water partition coefficient (Wildman–Crippen LogP) is 7.04. The first-order valence-corrected chi connectivity index (χ1v) is 12.9. The fourth-order valence-corrected chi connectivity index (χ4v) is 4.31. The average molecular weight is 453 g/mol. The first-order chi connectivity index (χ1) is 16.2. The number of carbonyl (C=O) groups excluding carboxylic acids is 1. The Hall–Kier alpha value is -2.63. The van der Waals surface area contributed by atoms with E-state index >= 15 is 0 Å². The van der Waals surface area contributed by atoms with E-state index in [0.29, 0.717) is 29.2 Å². The van der Waals surface area contributed by atoms with Gasteiger partial charge in [-0.05, 0) is 25.0 Å². The van der Waals surface area contributed by atoms with Crippen LogP contribution in [0.2, 0.25) is 0 Å². The second kappa shape index (κ2) is 13.2. The summed E-state index contributed by atoms with van der Waals surface area (Å²) < 4.78 is 7.58. The van der Waals surface area contributed by atoms with Gasteiger partial charge in [0.15, 0.2) is 5.65 Å². The van der Waals surface area contributed by atoms with E-state index in [1.165, 1.54) is 51.4 Å².